The van der Waals surface area contributed by atoms with Crippen molar-refractivity contribution in [1.29, 1.82) is 0 Å². The topological polar surface area (TPSA) is 96.4 Å². The lowest BCUT2D eigenvalue weighted by Crippen LogP contribution is -2.53. The normalized spacial score (nSPS) is 25.6. The standard InChI is InChI=1S/C19H24N2O6/c1-3-26-15-7-5-4-6-14(15)21-10-13(8-17(21)22)18(23)20-9-12(2)27-16(11-20)19(24)25/h4-7,12-13,16H,3,8-11H2,1-2H3,(H,24,25)/t12-,13?,16?/m1/s1. The van der Waals surface area contributed by atoms with E-state index in [9.17, 15) is 19.5 Å². The van der Waals surface area contributed by atoms with Crippen molar-refractivity contribution in [3.8, 4) is 5.75 Å². The Morgan fingerprint density at radius 1 is 1.26 bits per heavy atom. The van der Waals surface area contributed by atoms with Gasteiger partial charge < -0.3 is 24.4 Å². The van der Waals surface area contributed by atoms with Crippen molar-refractivity contribution in [2.45, 2.75) is 32.5 Å². The number of para-hydroxylation sites is 2. The molecule has 0 aliphatic carbocycles. The van der Waals surface area contributed by atoms with Gasteiger partial charge in [0.05, 0.1) is 30.9 Å². The third-order valence-electron chi connectivity index (χ3n) is 4.78. The van der Waals surface area contributed by atoms with Gasteiger partial charge in [-0.2, -0.15) is 0 Å². The van der Waals surface area contributed by atoms with Crippen molar-refractivity contribution in [3.05, 3.63) is 24.3 Å². The first kappa shape index (κ1) is 19.2. The summed E-state index contributed by atoms with van der Waals surface area (Å²) >= 11 is 0. The number of carboxylic acids is 1. The van der Waals surface area contributed by atoms with Gasteiger partial charge in [0.15, 0.2) is 6.10 Å². The van der Waals surface area contributed by atoms with Crippen molar-refractivity contribution in [1.82, 2.24) is 4.90 Å². The molecule has 8 heteroatoms. The minimum atomic E-state index is -1.09. The Morgan fingerprint density at radius 2 is 2.00 bits per heavy atom. The third kappa shape index (κ3) is 4.05. The molecule has 3 atom stereocenters. The maximum atomic E-state index is 12.9. The molecule has 0 bridgehead atoms. The zero-order valence-electron chi connectivity index (χ0n) is 15.5. The molecule has 2 aliphatic heterocycles. The summed E-state index contributed by atoms with van der Waals surface area (Å²) in [5.41, 5.74) is 0.651. The number of aliphatic carboxylic acids is 1. The zero-order valence-corrected chi connectivity index (χ0v) is 15.5. The second-order valence-corrected chi connectivity index (χ2v) is 6.82. The first-order valence-corrected chi connectivity index (χ1v) is 9.10. The van der Waals surface area contributed by atoms with Crippen molar-refractivity contribution in [2.75, 3.05) is 31.1 Å². The maximum absolute atomic E-state index is 12.9. The highest BCUT2D eigenvalue weighted by Gasteiger charge is 2.41. The largest absolute Gasteiger partial charge is 0.492 e. The van der Waals surface area contributed by atoms with E-state index in [-0.39, 0.29) is 37.4 Å². The Hall–Kier alpha value is -2.61. The van der Waals surface area contributed by atoms with Gasteiger partial charge in [0.2, 0.25) is 11.8 Å². The van der Waals surface area contributed by atoms with Crippen molar-refractivity contribution in [3.63, 3.8) is 0 Å². The molecule has 2 aliphatic rings. The number of morpholine rings is 1. The van der Waals surface area contributed by atoms with Gasteiger partial charge in [-0.1, -0.05) is 12.1 Å². The maximum Gasteiger partial charge on any atom is 0.334 e. The first-order valence-electron chi connectivity index (χ1n) is 9.10. The molecule has 0 saturated carbocycles. The second kappa shape index (κ2) is 7.96. The summed E-state index contributed by atoms with van der Waals surface area (Å²) in [7, 11) is 0. The molecule has 3 rings (SSSR count). The van der Waals surface area contributed by atoms with Crippen LogP contribution in [0.1, 0.15) is 20.3 Å². The van der Waals surface area contributed by atoms with Gasteiger partial charge >= 0.3 is 5.97 Å². The number of carbonyl (C=O) groups excluding carboxylic acids is 2. The lowest BCUT2D eigenvalue weighted by Gasteiger charge is -2.36. The SMILES string of the molecule is CCOc1ccccc1N1CC(C(=O)N2CC(C(=O)O)O[C@H](C)C2)CC1=O. The number of carboxylic acid groups (broad SMARTS) is 1. The van der Waals surface area contributed by atoms with Gasteiger partial charge in [-0.25, -0.2) is 4.79 Å². The van der Waals surface area contributed by atoms with E-state index in [1.165, 1.54) is 4.90 Å². The van der Waals surface area contributed by atoms with E-state index in [0.29, 0.717) is 24.6 Å². The average Bonchev–Trinajstić information content (AvgIpc) is 3.03. The predicted octanol–water partition coefficient (Wildman–Crippen LogP) is 1.14. The monoisotopic (exact) mass is 376 g/mol. The van der Waals surface area contributed by atoms with Crippen LogP contribution in [0.5, 0.6) is 5.75 Å². The van der Waals surface area contributed by atoms with Crippen LogP contribution in [0.2, 0.25) is 0 Å². The number of hydrogen-bond donors (Lipinski definition) is 1. The Balaban J connectivity index is 1.73. The number of carbonyl (C=O) groups is 3. The van der Waals surface area contributed by atoms with Gasteiger partial charge in [0, 0.05) is 19.5 Å². The van der Waals surface area contributed by atoms with E-state index < -0.39 is 18.0 Å². The number of benzene rings is 1. The summed E-state index contributed by atoms with van der Waals surface area (Å²) in [6.45, 7) is 4.66. The molecule has 1 aromatic rings. The summed E-state index contributed by atoms with van der Waals surface area (Å²) in [6, 6.07) is 7.25. The molecule has 27 heavy (non-hydrogen) atoms. The van der Waals surface area contributed by atoms with E-state index in [4.69, 9.17) is 9.47 Å². The van der Waals surface area contributed by atoms with Gasteiger partial charge in [-0.3, -0.25) is 9.59 Å². The number of rotatable bonds is 5. The molecule has 1 N–H and O–H groups in total. The van der Waals surface area contributed by atoms with Gasteiger partial charge in [0.25, 0.3) is 0 Å². The van der Waals surface area contributed by atoms with Crippen LogP contribution >= 0.6 is 0 Å². The van der Waals surface area contributed by atoms with Gasteiger partial charge in [-0.05, 0) is 26.0 Å². The highest BCUT2D eigenvalue weighted by molar-refractivity contribution is 6.01. The van der Waals surface area contributed by atoms with Gasteiger partial charge in [0.1, 0.15) is 5.75 Å². The summed E-state index contributed by atoms with van der Waals surface area (Å²) in [5, 5.41) is 9.20. The summed E-state index contributed by atoms with van der Waals surface area (Å²) in [4.78, 5) is 39.8. The molecule has 2 heterocycles. The highest BCUT2D eigenvalue weighted by Crippen LogP contribution is 2.33. The molecule has 1 aromatic carbocycles. The van der Waals surface area contributed by atoms with E-state index in [2.05, 4.69) is 0 Å². The second-order valence-electron chi connectivity index (χ2n) is 6.82. The number of amides is 2. The van der Waals surface area contributed by atoms with Crippen LogP contribution in [0.3, 0.4) is 0 Å². The molecule has 2 saturated heterocycles. The van der Waals surface area contributed by atoms with Crippen molar-refractivity contribution < 1.29 is 29.0 Å². The zero-order chi connectivity index (χ0) is 19.6. The van der Waals surface area contributed by atoms with Crippen LogP contribution in [0.15, 0.2) is 24.3 Å². The molecule has 2 fully saturated rings. The fourth-order valence-corrected chi connectivity index (χ4v) is 3.59. The molecular formula is C19H24N2O6. The van der Waals surface area contributed by atoms with Crippen molar-refractivity contribution >= 4 is 23.5 Å². The average molecular weight is 376 g/mol. The quantitative estimate of drug-likeness (QED) is 0.828. The first-order chi connectivity index (χ1) is 12.9. The summed E-state index contributed by atoms with van der Waals surface area (Å²) < 4.78 is 11.0. The molecule has 2 unspecified atom stereocenters. The van der Waals surface area contributed by atoms with Crippen molar-refractivity contribution in [2.24, 2.45) is 5.92 Å². The predicted molar refractivity (Wildman–Crippen MR) is 96.6 cm³/mol. The molecule has 8 nitrogen and oxygen atoms in total. The fraction of sp³-hybridized carbons (Fsp3) is 0.526. The van der Waals surface area contributed by atoms with E-state index in [1.54, 1.807) is 24.0 Å². The van der Waals surface area contributed by atoms with Crippen LogP contribution < -0.4 is 9.64 Å². The fourth-order valence-electron chi connectivity index (χ4n) is 3.59. The van der Waals surface area contributed by atoms with Crippen LogP contribution in [0, 0.1) is 5.92 Å². The number of hydrogen-bond acceptors (Lipinski definition) is 5. The van der Waals surface area contributed by atoms with E-state index in [0.717, 1.165) is 0 Å². The Morgan fingerprint density at radius 3 is 2.70 bits per heavy atom. The Bertz CT molecular complexity index is 737. The highest BCUT2D eigenvalue weighted by atomic mass is 16.5. The minimum absolute atomic E-state index is 0.00126. The Kier molecular flexibility index (Phi) is 5.65. The van der Waals surface area contributed by atoms with E-state index in [1.807, 2.05) is 19.1 Å². The minimum Gasteiger partial charge on any atom is -0.492 e. The molecule has 0 radical (unpaired) electrons. The van der Waals surface area contributed by atoms with Crippen LogP contribution in [-0.4, -0.2) is 66.2 Å². The molecule has 2 amide bonds. The smallest absolute Gasteiger partial charge is 0.334 e. The van der Waals surface area contributed by atoms with Crippen LogP contribution in [0.25, 0.3) is 0 Å². The summed E-state index contributed by atoms with van der Waals surface area (Å²) in [5.74, 6) is -1.34. The lowest BCUT2D eigenvalue weighted by molar-refractivity contribution is -0.167. The molecule has 0 spiro atoms. The Labute approximate surface area is 157 Å². The van der Waals surface area contributed by atoms with Crippen LogP contribution in [0.4, 0.5) is 5.69 Å². The number of anilines is 1. The molecule has 146 valence electrons. The van der Waals surface area contributed by atoms with E-state index >= 15 is 0 Å². The molecule has 0 aromatic heterocycles. The molecular weight excluding hydrogens is 352 g/mol. The number of nitrogens with zero attached hydrogens (tertiary/aromatic N) is 2. The lowest BCUT2D eigenvalue weighted by atomic mass is 10.1. The third-order valence-corrected chi connectivity index (χ3v) is 4.78. The van der Waals surface area contributed by atoms with Crippen LogP contribution in [-0.2, 0) is 19.1 Å². The summed E-state index contributed by atoms with van der Waals surface area (Å²) in [6.07, 6.45) is -1.30. The van der Waals surface area contributed by atoms with Gasteiger partial charge in [-0.15, -0.1) is 0 Å². The number of ether oxygens (including phenoxy) is 2.